The van der Waals surface area contributed by atoms with Crippen molar-refractivity contribution in [2.24, 2.45) is 11.8 Å². The second-order valence-corrected chi connectivity index (χ2v) is 4.33. The van der Waals surface area contributed by atoms with Gasteiger partial charge >= 0.3 is 0 Å². The molecule has 2 nitrogen and oxygen atoms in total. The maximum Gasteiger partial charge on any atom is 0.0595 e. The Kier molecular flexibility index (Phi) is 2.37. The average molecular weight is 170 g/mol. The number of fused-ring (bicyclic) bond motifs is 1. The monoisotopic (exact) mass is 170 g/mol. The van der Waals surface area contributed by atoms with E-state index in [4.69, 9.17) is 0 Å². The number of hydrogen-bond acceptors (Lipinski definition) is 2. The molecule has 0 amide bonds. The summed E-state index contributed by atoms with van der Waals surface area (Å²) in [5.41, 5.74) is 0. The van der Waals surface area contributed by atoms with E-state index in [1.165, 1.54) is 12.8 Å². The maximum absolute atomic E-state index is 9.71. The highest BCUT2D eigenvalue weighted by atomic mass is 16.3. The van der Waals surface area contributed by atoms with E-state index in [9.17, 15) is 10.2 Å². The van der Waals surface area contributed by atoms with E-state index in [2.05, 4.69) is 0 Å². The molecule has 4 atom stereocenters. The van der Waals surface area contributed by atoms with E-state index in [1.54, 1.807) is 0 Å². The molecule has 70 valence electrons. The SMILES string of the molecule is OC1CCCC2CCC[C@H](O)C12. The zero-order valence-electron chi connectivity index (χ0n) is 7.45. The topological polar surface area (TPSA) is 40.5 Å². The second-order valence-electron chi connectivity index (χ2n) is 4.33. The zero-order valence-corrected chi connectivity index (χ0v) is 7.45. The van der Waals surface area contributed by atoms with Gasteiger partial charge in [-0.05, 0) is 31.6 Å². The van der Waals surface area contributed by atoms with Gasteiger partial charge in [-0.1, -0.05) is 12.8 Å². The van der Waals surface area contributed by atoms with Crippen molar-refractivity contribution in [2.45, 2.75) is 50.7 Å². The minimum atomic E-state index is -0.223. The summed E-state index contributed by atoms with van der Waals surface area (Å²) in [5, 5.41) is 19.4. The molecular formula is C10H18O2. The molecule has 12 heavy (non-hydrogen) atoms. The third kappa shape index (κ3) is 1.38. The first kappa shape index (κ1) is 8.52. The van der Waals surface area contributed by atoms with Crippen LogP contribution in [0.2, 0.25) is 0 Å². The molecule has 2 aliphatic rings. The van der Waals surface area contributed by atoms with Gasteiger partial charge in [0.05, 0.1) is 12.2 Å². The van der Waals surface area contributed by atoms with Gasteiger partial charge in [-0.25, -0.2) is 0 Å². The smallest absolute Gasteiger partial charge is 0.0595 e. The quantitative estimate of drug-likeness (QED) is 0.575. The molecule has 0 saturated heterocycles. The molecule has 0 radical (unpaired) electrons. The summed E-state index contributed by atoms with van der Waals surface area (Å²) in [7, 11) is 0. The maximum atomic E-state index is 9.71. The molecule has 3 unspecified atom stereocenters. The normalized spacial score (nSPS) is 48.5. The minimum absolute atomic E-state index is 0.201. The van der Waals surface area contributed by atoms with Crippen molar-refractivity contribution in [1.29, 1.82) is 0 Å². The van der Waals surface area contributed by atoms with Gasteiger partial charge in [0.15, 0.2) is 0 Å². The van der Waals surface area contributed by atoms with E-state index < -0.39 is 0 Å². The van der Waals surface area contributed by atoms with Gasteiger partial charge in [0, 0.05) is 5.92 Å². The van der Waals surface area contributed by atoms with E-state index in [0.29, 0.717) is 5.92 Å². The Hall–Kier alpha value is -0.0800. The van der Waals surface area contributed by atoms with Crippen molar-refractivity contribution in [2.75, 3.05) is 0 Å². The first-order chi connectivity index (χ1) is 5.79. The zero-order chi connectivity index (χ0) is 8.55. The van der Waals surface area contributed by atoms with Crippen LogP contribution in [-0.4, -0.2) is 22.4 Å². The molecule has 0 aromatic rings. The Balaban J connectivity index is 2.07. The van der Waals surface area contributed by atoms with Gasteiger partial charge in [-0.2, -0.15) is 0 Å². The molecule has 2 fully saturated rings. The number of rotatable bonds is 0. The molecule has 0 heterocycles. The third-order valence-electron chi connectivity index (χ3n) is 3.58. The third-order valence-corrected chi connectivity index (χ3v) is 3.58. The van der Waals surface area contributed by atoms with Gasteiger partial charge in [-0.3, -0.25) is 0 Å². The van der Waals surface area contributed by atoms with Crippen molar-refractivity contribution >= 4 is 0 Å². The molecule has 0 bridgehead atoms. The summed E-state index contributed by atoms with van der Waals surface area (Å²) in [6.07, 6.45) is 6.09. The predicted molar refractivity (Wildman–Crippen MR) is 46.7 cm³/mol. The van der Waals surface area contributed by atoms with Crippen LogP contribution in [0, 0.1) is 11.8 Å². The summed E-state index contributed by atoms with van der Waals surface area (Å²) >= 11 is 0. The lowest BCUT2D eigenvalue weighted by Crippen LogP contribution is -2.43. The Bertz CT molecular complexity index is 142. The molecular weight excluding hydrogens is 152 g/mol. The van der Waals surface area contributed by atoms with E-state index >= 15 is 0 Å². The van der Waals surface area contributed by atoms with Crippen molar-refractivity contribution in [3.05, 3.63) is 0 Å². The Morgan fingerprint density at radius 2 is 1.25 bits per heavy atom. The Labute approximate surface area is 73.6 Å². The minimum Gasteiger partial charge on any atom is -0.393 e. The molecule has 0 spiro atoms. The number of hydrogen-bond donors (Lipinski definition) is 2. The fourth-order valence-corrected chi connectivity index (χ4v) is 2.98. The van der Waals surface area contributed by atoms with E-state index in [-0.39, 0.29) is 18.1 Å². The fraction of sp³-hybridized carbons (Fsp3) is 1.00. The van der Waals surface area contributed by atoms with Crippen LogP contribution in [0.15, 0.2) is 0 Å². The van der Waals surface area contributed by atoms with Gasteiger partial charge in [0.1, 0.15) is 0 Å². The van der Waals surface area contributed by atoms with Crippen LogP contribution in [0.1, 0.15) is 38.5 Å². The van der Waals surface area contributed by atoms with E-state index in [1.807, 2.05) is 0 Å². The van der Waals surface area contributed by atoms with E-state index in [0.717, 1.165) is 25.7 Å². The van der Waals surface area contributed by atoms with Gasteiger partial charge in [0.25, 0.3) is 0 Å². The molecule has 0 aromatic carbocycles. The van der Waals surface area contributed by atoms with Crippen LogP contribution in [0.5, 0.6) is 0 Å². The van der Waals surface area contributed by atoms with Crippen LogP contribution in [0.3, 0.4) is 0 Å². The summed E-state index contributed by atoms with van der Waals surface area (Å²) < 4.78 is 0. The van der Waals surface area contributed by atoms with Gasteiger partial charge in [-0.15, -0.1) is 0 Å². The largest absolute Gasteiger partial charge is 0.393 e. The summed E-state index contributed by atoms with van der Waals surface area (Å²) in [4.78, 5) is 0. The highest BCUT2D eigenvalue weighted by Crippen LogP contribution is 2.40. The first-order valence-corrected chi connectivity index (χ1v) is 5.15. The summed E-state index contributed by atoms with van der Waals surface area (Å²) in [5.74, 6) is 0.810. The van der Waals surface area contributed by atoms with Crippen LogP contribution in [0.4, 0.5) is 0 Å². The van der Waals surface area contributed by atoms with Crippen molar-refractivity contribution in [1.82, 2.24) is 0 Å². The lowest BCUT2D eigenvalue weighted by molar-refractivity contribution is -0.0669. The van der Waals surface area contributed by atoms with Crippen molar-refractivity contribution in [3.8, 4) is 0 Å². The van der Waals surface area contributed by atoms with Crippen LogP contribution < -0.4 is 0 Å². The molecule has 2 heteroatoms. The molecule has 2 aliphatic carbocycles. The summed E-state index contributed by atoms with van der Waals surface area (Å²) in [6.45, 7) is 0. The molecule has 2 saturated carbocycles. The van der Waals surface area contributed by atoms with Crippen molar-refractivity contribution < 1.29 is 10.2 Å². The van der Waals surface area contributed by atoms with Gasteiger partial charge < -0.3 is 10.2 Å². The summed E-state index contributed by atoms with van der Waals surface area (Å²) in [6, 6.07) is 0. The fourth-order valence-electron chi connectivity index (χ4n) is 2.98. The first-order valence-electron chi connectivity index (χ1n) is 5.15. The number of aliphatic hydroxyl groups excluding tert-OH is 2. The van der Waals surface area contributed by atoms with Gasteiger partial charge in [0.2, 0.25) is 0 Å². The second kappa shape index (κ2) is 3.35. The Morgan fingerprint density at radius 1 is 0.750 bits per heavy atom. The molecule has 0 aliphatic heterocycles. The standard InChI is InChI=1S/C10H18O2/c11-8-5-1-3-7-4-2-6-9(12)10(7)8/h7-12H,1-6H2/t7?,8-,9?,10?/m0/s1. The number of aliphatic hydroxyl groups is 2. The predicted octanol–water partition coefficient (Wildman–Crippen LogP) is 1.31. The molecule has 2 N–H and O–H groups in total. The molecule has 2 rings (SSSR count). The van der Waals surface area contributed by atoms with Crippen LogP contribution in [0.25, 0.3) is 0 Å². The Morgan fingerprint density at radius 3 is 1.67 bits per heavy atom. The van der Waals surface area contributed by atoms with Crippen LogP contribution >= 0.6 is 0 Å². The van der Waals surface area contributed by atoms with Crippen molar-refractivity contribution in [3.63, 3.8) is 0 Å². The lowest BCUT2D eigenvalue weighted by atomic mass is 9.68. The highest BCUT2D eigenvalue weighted by Gasteiger charge is 2.39. The highest BCUT2D eigenvalue weighted by molar-refractivity contribution is 4.89. The molecule has 0 aromatic heterocycles. The van der Waals surface area contributed by atoms with Crippen LogP contribution in [-0.2, 0) is 0 Å². The lowest BCUT2D eigenvalue weighted by Gasteiger charge is -2.41. The average Bonchev–Trinajstić information content (AvgIpc) is 2.04.